The van der Waals surface area contributed by atoms with Gasteiger partial charge >= 0.3 is 5.97 Å². The lowest BCUT2D eigenvalue weighted by atomic mass is 9.89. The zero-order valence-electron chi connectivity index (χ0n) is 15.6. The zero-order valence-corrected chi connectivity index (χ0v) is 15.6. The molecule has 1 aliphatic heterocycles. The van der Waals surface area contributed by atoms with E-state index >= 15 is 0 Å². The molecule has 1 aromatic carbocycles. The fourth-order valence-corrected chi connectivity index (χ4v) is 3.66. The smallest absolute Gasteiger partial charge is 0.345 e. The fraction of sp³-hybridized carbons (Fsp3) is 0.227. The number of para-hydroxylation sites is 1. The number of aryl methyl sites for hydroxylation is 1. The number of carbonyl (C=O) groups excluding carboxylic acids is 1. The Kier molecular flexibility index (Phi) is 4.36. The van der Waals surface area contributed by atoms with Gasteiger partial charge in [0.15, 0.2) is 0 Å². The van der Waals surface area contributed by atoms with Crippen molar-refractivity contribution in [3.8, 4) is 0 Å². The Hall–Kier alpha value is -3.21. The fourth-order valence-electron chi connectivity index (χ4n) is 3.66. The van der Waals surface area contributed by atoms with Crippen molar-refractivity contribution in [1.82, 2.24) is 9.97 Å². The summed E-state index contributed by atoms with van der Waals surface area (Å²) in [4.78, 5) is 24.9. The minimum Gasteiger partial charge on any atom is -0.425 e. The highest BCUT2D eigenvalue weighted by Gasteiger charge is 2.30. The van der Waals surface area contributed by atoms with Crippen LogP contribution in [0.3, 0.4) is 0 Å². The van der Waals surface area contributed by atoms with Crippen LogP contribution < -0.4 is 0 Å². The van der Waals surface area contributed by atoms with Crippen LogP contribution in [0.1, 0.15) is 47.8 Å². The third-order valence-corrected chi connectivity index (χ3v) is 4.96. The Morgan fingerprint density at radius 1 is 1.15 bits per heavy atom. The van der Waals surface area contributed by atoms with Crippen LogP contribution in [0.15, 0.2) is 65.2 Å². The molecule has 27 heavy (non-hydrogen) atoms. The number of benzene rings is 1. The normalized spacial score (nSPS) is 17.1. The molecular weight excluding hydrogens is 338 g/mol. The topological polar surface area (TPSA) is 67.3 Å². The molecule has 5 heteroatoms. The first-order chi connectivity index (χ1) is 13.0. The van der Waals surface area contributed by atoms with E-state index in [0.717, 1.165) is 27.9 Å². The van der Waals surface area contributed by atoms with Gasteiger partial charge in [-0.1, -0.05) is 18.2 Å². The summed E-state index contributed by atoms with van der Waals surface area (Å²) in [6.07, 6.45) is 4.39. The predicted octanol–water partition coefficient (Wildman–Crippen LogP) is 4.91. The van der Waals surface area contributed by atoms with Crippen LogP contribution >= 0.6 is 0 Å². The van der Waals surface area contributed by atoms with Crippen LogP contribution in [0.2, 0.25) is 0 Å². The molecule has 1 unspecified atom stereocenters. The number of esters is 1. The molecule has 5 nitrogen and oxygen atoms in total. The molecule has 0 fully saturated rings. The lowest BCUT2D eigenvalue weighted by Gasteiger charge is -2.25. The van der Waals surface area contributed by atoms with Gasteiger partial charge in [-0.25, -0.2) is 4.79 Å². The number of hydrogen-bond acceptors (Lipinski definition) is 4. The van der Waals surface area contributed by atoms with E-state index in [9.17, 15) is 4.79 Å². The molecule has 136 valence electrons. The molecule has 3 aromatic rings. The number of aromatic nitrogens is 2. The molecule has 1 atom stereocenters. The first-order valence-corrected chi connectivity index (χ1v) is 8.99. The Morgan fingerprint density at radius 3 is 2.78 bits per heavy atom. The minimum absolute atomic E-state index is 0.0559. The number of hydrogen-bond donors (Lipinski definition) is 1. The second kappa shape index (κ2) is 6.83. The Morgan fingerprint density at radius 2 is 1.96 bits per heavy atom. The number of aromatic amines is 1. The van der Waals surface area contributed by atoms with Gasteiger partial charge in [0.25, 0.3) is 0 Å². The second-order valence-corrected chi connectivity index (χ2v) is 6.87. The minimum atomic E-state index is -0.394. The van der Waals surface area contributed by atoms with Gasteiger partial charge in [0.1, 0.15) is 5.76 Å². The number of rotatable bonds is 3. The number of nitrogens with zero attached hydrogens (tertiary/aromatic N) is 2. The van der Waals surface area contributed by atoms with Gasteiger partial charge in [-0.3, -0.25) is 9.98 Å². The number of nitrogens with one attached hydrogen (secondary N) is 1. The molecule has 3 heterocycles. The van der Waals surface area contributed by atoms with Crippen molar-refractivity contribution < 1.29 is 9.53 Å². The highest BCUT2D eigenvalue weighted by molar-refractivity contribution is 5.93. The molecule has 0 amide bonds. The van der Waals surface area contributed by atoms with Crippen LogP contribution in [-0.2, 0) is 4.74 Å². The number of allylic oxidation sites excluding steroid dienone is 2. The standard InChI is InChI=1S/C22H21N3O2/c1-13-11-18(19-12-24-20-9-5-4-7-17(19)20)21(15(3)25-13)27-22(26)16-8-6-10-23-14(16)2/h4-10,12,18,24H,11H2,1-3H3. The number of aliphatic imine (C=N–C) groups is 1. The molecular formula is C22H21N3O2. The third kappa shape index (κ3) is 3.16. The van der Waals surface area contributed by atoms with Crippen molar-refractivity contribution in [1.29, 1.82) is 0 Å². The number of H-pyrrole nitrogens is 1. The van der Waals surface area contributed by atoms with Gasteiger partial charge in [-0.05, 0) is 51.0 Å². The van der Waals surface area contributed by atoms with Gasteiger partial charge < -0.3 is 9.72 Å². The zero-order chi connectivity index (χ0) is 19.0. The molecule has 0 saturated heterocycles. The molecule has 0 spiro atoms. The lowest BCUT2D eigenvalue weighted by Crippen LogP contribution is -2.19. The van der Waals surface area contributed by atoms with Crippen LogP contribution in [-0.4, -0.2) is 21.6 Å². The first kappa shape index (κ1) is 17.2. The molecule has 4 rings (SSSR count). The summed E-state index contributed by atoms with van der Waals surface area (Å²) < 4.78 is 5.88. The van der Waals surface area contributed by atoms with E-state index in [1.54, 1.807) is 25.3 Å². The largest absolute Gasteiger partial charge is 0.425 e. The monoisotopic (exact) mass is 359 g/mol. The van der Waals surface area contributed by atoms with Crippen molar-refractivity contribution in [3.05, 3.63) is 77.1 Å². The Balaban J connectivity index is 1.75. The number of fused-ring (bicyclic) bond motifs is 1. The SMILES string of the molecule is CC1=NC(C)=C(OC(=O)c2cccnc2C)C(c2c[nH]c3ccccc23)C1. The molecule has 0 aliphatic carbocycles. The van der Waals surface area contributed by atoms with Gasteiger partial charge in [0, 0.05) is 29.0 Å². The number of ether oxygens (including phenoxy) is 1. The van der Waals surface area contributed by atoms with Crippen molar-refractivity contribution in [3.63, 3.8) is 0 Å². The predicted molar refractivity (Wildman–Crippen MR) is 106 cm³/mol. The first-order valence-electron chi connectivity index (χ1n) is 8.99. The van der Waals surface area contributed by atoms with Gasteiger partial charge in [0.05, 0.1) is 22.9 Å². The van der Waals surface area contributed by atoms with Crippen LogP contribution in [0.4, 0.5) is 0 Å². The maximum absolute atomic E-state index is 12.8. The second-order valence-electron chi connectivity index (χ2n) is 6.87. The van der Waals surface area contributed by atoms with Crippen molar-refractivity contribution in [2.75, 3.05) is 0 Å². The van der Waals surface area contributed by atoms with Crippen LogP contribution in [0, 0.1) is 6.92 Å². The van der Waals surface area contributed by atoms with Crippen molar-refractivity contribution >= 4 is 22.6 Å². The van der Waals surface area contributed by atoms with E-state index in [2.05, 4.69) is 21.0 Å². The summed E-state index contributed by atoms with van der Waals surface area (Å²) in [6.45, 7) is 5.70. The molecule has 0 radical (unpaired) electrons. The van der Waals surface area contributed by atoms with Crippen LogP contribution in [0.5, 0.6) is 0 Å². The van der Waals surface area contributed by atoms with Gasteiger partial charge in [-0.2, -0.15) is 0 Å². The van der Waals surface area contributed by atoms with Crippen molar-refractivity contribution in [2.24, 2.45) is 4.99 Å². The summed E-state index contributed by atoms with van der Waals surface area (Å²) in [6, 6.07) is 11.6. The average Bonchev–Trinajstić information content (AvgIpc) is 3.08. The van der Waals surface area contributed by atoms with E-state index in [1.807, 2.05) is 38.2 Å². The third-order valence-electron chi connectivity index (χ3n) is 4.96. The van der Waals surface area contributed by atoms with E-state index in [1.165, 1.54) is 0 Å². The maximum atomic E-state index is 12.8. The lowest BCUT2D eigenvalue weighted by molar-refractivity contribution is 0.0598. The molecule has 0 bridgehead atoms. The highest BCUT2D eigenvalue weighted by atomic mass is 16.5. The summed E-state index contributed by atoms with van der Waals surface area (Å²) in [5.41, 5.74) is 5.08. The summed E-state index contributed by atoms with van der Waals surface area (Å²) >= 11 is 0. The van der Waals surface area contributed by atoms with Crippen molar-refractivity contribution in [2.45, 2.75) is 33.1 Å². The Bertz CT molecular complexity index is 1090. The summed E-state index contributed by atoms with van der Waals surface area (Å²) in [5, 5.41) is 1.14. The van der Waals surface area contributed by atoms with Crippen LogP contribution in [0.25, 0.3) is 10.9 Å². The summed E-state index contributed by atoms with van der Waals surface area (Å²) in [5.74, 6) is 0.160. The van der Waals surface area contributed by atoms with E-state index in [0.29, 0.717) is 23.4 Å². The average molecular weight is 359 g/mol. The van der Waals surface area contributed by atoms with Gasteiger partial charge in [0.2, 0.25) is 0 Å². The molecule has 0 saturated carbocycles. The number of carbonyl (C=O) groups is 1. The number of pyridine rings is 1. The highest BCUT2D eigenvalue weighted by Crippen LogP contribution is 2.38. The van der Waals surface area contributed by atoms with E-state index in [-0.39, 0.29) is 5.92 Å². The van der Waals surface area contributed by atoms with E-state index in [4.69, 9.17) is 4.74 Å². The molecule has 1 aliphatic rings. The molecule has 2 aromatic heterocycles. The maximum Gasteiger partial charge on any atom is 0.345 e. The summed E-state index contributed by atoms with van der Waals surface area (Å²) in [7, 11) is 0. The Labute approximate surface area is 157 Å². The van der Waals surface area contributed by atoms with Gasteiger partial charge in [-0.15, -0.1) is 0 Å². The molecule has 1 N–H and O–H groups in total. The quantitative estimate of drug-likeness (QED) is 0.676. The van der Waals surface area contributed by atoms with E-state index < -0.39 is 5.97 Å².